The SMILES string of the molecule is O=C(Nc1ccc([Se][Se]c2ccc(NC(=O)OCC3c4ccccc4-c4ccccc43)cc2)cc1)OCC1c2ccccc2-c2ccccc21. The van der Waals surface area contributed by atoms with Gasteiger partial charge in [-0.05, 0) is 0 Å². The zero-order chi connectivity index (χ0) is 33.9. The van der Waals surface area contributed by atoms with Crippen LogP contribution in [0.1, 0.15) is 34.1 Å². The van der Waals surface area contributed by atoms with Crippen LogP contribution < -0.4 is 19.6 Å². The van der Waals surface area contributed by atoms with E-state index in [1.54, 1.807) is 0 Å². The Morgan fingerprint density at radius 1 is 0.440 bits per heavy atom. The van der Waals surface area contributed by atoms with Crippen LogP contribution in [0, 0.1) is 0 Å². The van der Waals surface area contributed by atoms with Gasteiger partial charge in [0.05, 0.1) is 0 Å². The summed E-state index contributed by atoms with van der Waals surface area (Å²) in [5, 5.41) is 5.75. The first-order valence-corrected chi connectivity index (χ1v) is 22.4. The van der Waals surface area contributed by atoms with E-state index in [4.69, 9.17) is 9.47 Å². The molecule has 8 rings (SSSR count). The number of benzene rings is 6. The molecular formula is C42H32N2O4Se2. The van der Waals surface area contributed by atoms with E-state index in [2.05, 4.69) is 83.4 Å². The van der Waals surface area contributed by atoms with E-state index in [0.717, 1.165) is 0 Å². The number of carbonyl (C=O) groups is 2. The first-order valence-electron chi connectivity index (χ1n) is 16.4. The minimum atomic E-state index is -0.457. The molecule has 0 bridgehead atoms. The molecule has 246 valence electrons. The molecule has 0 fully saturated rings. The van der Waals surface area contributed by atoms with Crippen molar-refractivity contribution in [1.29, 1.82) is 0 Å². The average molecular weight is 787 g/mol. The number of hydrogen-bond acceptors (Lipinski definition) is 4. The molecule has 0 aliphatic heterocycles. The average Bonchev–Trinajstić information content (AvgIpc) is 3.66. The fraction of sp³-hybridized carbons (Fsp3) is 0.0952. The molecule has 0 aromatic heterocycles. The predicted octanol–water partition coefficient (Wildman–Crippen LogP) is 7.68. The topological polar surface area (TPSA) is 76.7 Å². The first-order chi connectivity index (χ1) is 24.6. The first kappa shape index (κ1) is 32.1. The molecular weight excluding hydrogens is 754 g/mol. The van der Waals surface area contributed by atoms with Gasteiger partial charge in [0.2, 0.25) is 0 Å². The van der Waals surface area contributed by atoms with Crippen molar-refractivity contribution in [2.24, 2.45) is 0 Å². The van der Waals surface area contributed by atoms with Crippen LogP contribution in [-0.2, 0) is 9.47 Å². The quantitative estimate of drug-likeness (QED) is 0.148. The number of nitrogens with one attached hydrogen (secondary N) is 2. The molecule has 0 radical (unpaired) electrons. The minimum absolute atomic E-state index is 0.0261. The second-order valence-corrected chi connectivity index (χ2v) is 18.4. The molecule has 0 saturated carbocycles. The Kier molecular flexibility index (Phi) is 9.25. The molecule has 2 amide bonds. The zero-order valence-corrected chi connectivity index (χ0v) is 30.3. The fourth-order valence-electron chi connectivity index (χ4n) is 6.79. The number of fused-ring (bicyclic) bond motifs is 6. The van der Waals surface area contributed by atoms with Crippen LogP contribution in [0.5, 0.6) is 0 Å². The van der Waals surface area contributed by atoms with Gasteiger partial charge in [-0.15, -0.1) is 0 Å². The van der Waals surface area contributed by atoms with Crippen molar-refractivity contribution in [2.75, 3.05) is 23.8 Å². The van der Waals surface area contributed by atoms with Crippen molar-refractivity contribution >= 4 is 58.7 Å². The molecule has 0 spiro atoms. The molecule has 6 nitrogen and oxygen atoms in total. The normalized spacial score (nSPS) is 12.7. The van der Waals surface area contributed by atoms with Gasteiger partial charge in [-0.3, -0.25) is 0 Å². The van der Waals surface area contributed by atoms with Gasteiger partial charge < -0.3 is 0 Å². The van der Waals surface area contributed by atoms with E-state index in [1.165, 1.54) is 53.4 Å². The number of anilines is 2. The van der Waals surface area contributed by atoms with Gasteiger partial charge in [-0.2, -0.15) is 0 Å². The number of carbonyl (C=O) groups excluding carboxylic acids is 2. The number of hydrogen-bond donors (Lipinski definition) is 2. The Bertz CT molecular complexity index is 1940. The maximum atomic E-state index is 12.7. The molecule has 6 aromatic carbocycles. The third-order valence-electron chi connectivity index (χ3n) is 9.12. The van der Waals surface area contributed by atoms with Gasteiger partial charge in [0.25, 0.3) is 0 Å². The Morgan fingerprint density at radius 3 is 1.06 bits per heavy atom. The van der Waals surface area contributed by atoms with Crippen LogP contribution >= 0.6 is 0 Å². The van der Waals surface area contributed by atoms with E-state index in [0.29, 0.717) is 11.4 Å². The summed E-state index contributed by atoms with van der Waals surface area (Å²) in [5.74, 6) is 0.0523. The number of ether oxygens (including phenoxy) is 2. The fourth-order valence-corrected chi connectivity index (χ4v) is 12.8. The summed E-state index contributed by atoms with van der Waals surface area (Å²) in [5.41, 5.74) is 11.0. The van der Waals surface area contributed by atoms with Crippen LogP contribution in [0.15, 0.2) is 146 Å². The molecule has 2 aliphatic rings. The van der Waals surface area contributed by atoms with Gasteiger partial charge >= 0.3 is 279 Å². The van der Waals surface area contributed by atoms with Crippen molar-refractivity contribution in [3.63, 3.8) is 0 Å². The summed E-state index contributed by atoms with van der Waals surface area (Å²) in [4.78, 5) is 25.4. The van der Waals surface area contributed by atoms with E-state index in [9.17, 15) is 9.59 Å². The van der Waals surface area contributed by atoms with Crippen molar-refractivity contribution < 1.29 is 19.1 Å². The Labute approximate surface area is 302 Å². The summed E-state index contributed by atoms with van der Waals surface area (Å²) in [7, 11) is 0. The van der Waals surface area contributed by atoms with Crippen LogP contribution in [0.3, 0.4) is 0 Å². The van der Waals surface area contributed by atoms with Crippen molar-refractivity contribution in [1.82, 2.24) is 0 Å². The Morgan fingerprint density at radius 2 is 0.740 bits per heavy atom. The standard InChI is InChI=1S/C42H32N2O4Se2/c45-41(47-25-39-35-13-5-1-9-31(35)32-10-2-6-14-36(32)39)43-27-17-21-29(22-18-27)49-50-30-23-19-28(20-24-30)44-42(46)48-26-40-37-15-7-3-11-33(37)34-12-4-8-16-38(34)40/h1-24,39-40H,25-26H2,(H,43,45)(H,44,46). The maximum absolute atomic E-state index is 12.7. The van der Waals surface area contributed by atoms with E-state index in [1.807, 2.05) is 72.8 Å². The monoisotopic (exact) mass is 788 g/mol. The summed E-state index contributed by atoms with van der Waals surface area (Å²) in [6.45, 7) is 0.563. The zero-order valence-electron chi connectivity index (χ0n) is 26.9. The molecule has 0 atom stereocenters. The van der Waals surface area contributed by atoms with Crippen LogP contribution in [0.4, 0.5) is 21.0 Å². The van der Waals surface area contributed by atoms with Gasteiger partial charge in [0, 0.05) is 0 Å². The van der Waals surface area contributed by atoms with Gasteiger partial charge in [-0.1, -0.05) is 24.3 Å². The second-order valence-electron chi connectivity index (χ2n) is 12.1. The van der Waals surface area contributed by atoms with Crippen molar-refractivity contribution in [3.8, 4) is 22.3 Å². The van der Waals surface area contributed by atoms with Gasteiger partial charge in [0.15, 0.2) is 0 Å². The van der Waals surface area contributed by atoms with Crippen molar-refractivity contribution in [2.45, 2.75) is 11.8 Å². The summed E-state index contributed by atoms with van der Waals surface area (Å²) >= 11 is 0.522. The predicted molar refractivity (Wildman–Crippen MR) is 201 cm³/mol. The Hall–Kier alpha value is -5.10. The molecule has 50 heavy (non-hydrogen) atoms. The van der Waals surface area contributed by atoms with Crippen molar-refractivity contribution in [3.05, 3.63) is 168 Å². The summed E-state index contributed by atoms with van der Waals surface area (Å²) in [6.07, 6.45) is -0.915. The Balaban J connectivity index is 0.792. The summed E-state index contributed by atoms with van der Waals surface area (Å²) < 4.78 is 13.9. The van der Waals surface area contributed by atoms with Crippen LogP contribution in [0.2, 0.25) is 0 Å². The third kappa shape index (κ3) is 6.72. The molecule has 2 aliphatic carbocycles. The number of amides is 2. The molecule has 8 heteroatoms. The van der Waals surface area contributed by atoms with Crippen LogP contribution in [-0.4, -0.2) is 51.7 Å². The molecule has 6 aromatic rings. The van der Waals surface area contributed by atoms with E-state index < -0.39 is 12.2 Å². The molecule has 0 saturated heterocycles. The molecule has 0 unspecified atom stereocenters. The van der Waals surface area contributed by atoms with E-state index in [-0.39, 0.29) is 51.3 Å². The second kappa shape index (κ2) is 14.4. The third-order valence-corrected chi connectivity index (χ3v) is 16.4. The van der Waals surface area contributed by atoms with E-state index >= 15 is 0 Å². The van der Waals surface area contributed by atoms with Gasteiger partial charge in [0.1, 0.15) is 0 Å². The number of rotatable bonds is 9. The molecule has 2 N–H and O–H groups in total. The van der Waals surface area contributed by atoms with Gasteiger partial charge in [-0.25, -0.2) is 0 Å². The van der Waals surface area contributed by atoms with Crippen LogP contribution in [0.25, 0.3) is 22.3 Å². The summed E-state index contributed by atoms with van der Waals surface area (Å²) in [6, 6.07) is 49.2. The molecule has 0 heterocycles.